The van der Waals surface area contributed by atoms with Crippen molar-refractivity contribution in [2.45, 2.75) is 6.92 Å². The summed E-state index contributed by atoms with van der Waals surface area (Å²) >= 11 is 0. The number of hydrazine groups is 1. The van der Waals surface area contributed by atoms with Crippen LogP contribution in [0, 0.1) is 18.3 Å². The molecule has 6 heteroatoms. The molecule has 0 fully saturated rings. The molecule has 0 saturated carbocycles. The van der Waals surface area contributed by atoms with Gasteiger partial charge in [0.25, 0.3) is 0 Å². The van der Waals surface area contributed by atoms with Crippen molar-refractivity contribution >= 4 is 17.3 Å². The lowest BCUT2D eigenvalue weighted by Gasteiger charge is -2.08. The van der Waals surface area contributed by atoms with E-state index >= 15 is 0 Å². The minimum atomic E-state index is 0.540. The molecule has 4 N–H and O–H groups in total. The lowest BCUT2D eigenvalue weighted by Crippen LogP contribution is -2.10. The predicted molar refractivity (Wildman–Crippen MR) is 69.0 cm³/mol. The van der Waals surface area contributed by atoms with E-state index in [1.807, 2.05) is 12.1 Å². The van der Waals surface area contributed by atoms with Crippen molar-refractivity contribution in [2.24, 2.45) is 5.84 Å². The Morgan fingerprint density at radius 2 is 1.83 bits per heavy atom. The molecule has 90 valence electrons. The van der Waals surface area contributed by atoms with Crippen molar-refractivity contribution < 1.29 is 0 Å². The number of anilines is 3. The summed E-state index contributed by atoms with van der Waals surface area (Å²) in [6, 6.07) is 10.9. The number of nitrogen functional groups attached to an aromatic ring is 1. The molecule has 2 aromatic rings. The average Bonchev–Trinajstić information content (AvgIpc) is 2.39. The van der Waals surface area contributed by atoms with Gasteiger partial charge in [0.05, 0.1) is 11.6 Å². The van der Waals surface area contributed by atoms with Gasteiger partial charge in [-0.2, -0.15) is 5.26 Å². The molecule has 0 spiro atoms. The summed E-state index contributed by atoms with van der Waals surface area (Å²) in [6.45, 7) is 1.78. The van der Waals surface area contributed by atoms with Crippen molar-refractivity contribution in [3.05, 3.63) is 41.7 Å². The van der Waals surface area contributed by atoms with E-state index in [4.69, 9.17) is 11.1 Å². The summed E-state index contributed by atoms with van der Waals surface area (Å²) in [4.78, 5) is 8.33. The Labute approximate surface area is 104 Å². The first-order valence-corrected chi connectivity index (χ1v) is 5.31. The van der Waals surface area contributed by atoms with Crippen LogP contribution >= 0.6 is 0 Å². The maximum Gasteiger partial charge on any atom is 0.145 e. The molecule has 6 nitrogen and oxygen atoms in total. The van der Waals surface area contributed by atoms with Crippen molar-refractivity contribution in [3.8, 4) is 6.07 Å². The molecule has 0 unspecified atom stereocenters. The normalized spacial score (nSPS) is 9.61. The van der Waals surface area contributed by atoms with Gasteiger partial charge in [-0.25, -0.2) is 15.8 Å². The highest BCUT2D eigenvalue weighted by Gasteiger charge is 2.01. The van der Waals surface area contributed by atoms with E-state index in [1.54, 1.807) is 25.1 Å². The number of aromatic nitrogens is 2. The number of nitrogens with two attached hydrogens (primary N) is 1. The molecule has 1 aromatic carbocycles. The van der Waals surface area contributed by atoms with Gasteiger partial charge in [-0.15, -0.1) is 0 Å². The zero-order valence-corrected chi connectivity index (χ0v) is 9.81. The zero-order chi connectivity index (χ0) is 13.0. The maximum absolute atomic E-state index is 8.71. The average molecular weight is 240 g/mol. The Bertz CT molecular complexity index is 585. The third kappa shape index (κ3) is 2.72. The lowest BCUT2D eigenvalue weighted by atomic mass is 10.2. The summed E-state index contributed by atoms with van der Waals surface area (Å²) in [5.74, 6) is 7.11. The number of nitrogens with one attached hydrogen (secondary N) is 2. The second-order valence-corrected chi connectivity index (χ2v) is 3.64. The molecule has 0 aliphatic heterocycles. The van der Waals surface area contributed by atoms with Crippen LogP contribution in [-0.2, 0) is 0 Å². The Kier molecular flexibility index (Phi) is 3.36. The summed E-state index contributed by atoms with van der Waals surface area (Å²) in [5, 5.41) is 11.8. The standard InChI is InChI=1S/C12H12N6/c1-8-15-11(6-12(16-8)18-14)17-10-4-2-9(7-13)3-5-10/h2-6H,14H2,1H3,(H2,15,16,17,18). The zero-order valence-electron chi connectivity index (χ0n) is 9.81. The molecule has 0 atom stereocenters. The highest BCUT2D eigenvalue weighted by molar-refractivity contribution is 5.59. The second-order valence-electron chi connectivity index (χ2n) is 3.64. The van der Waals surface area contributed by atoms with Gasteiger partial charge in [0.15, 0.2) is 0 Å². The number of nitriles is 1. The van der Waals surface area contributed by atoms with Crippen LogP contribution in [-0.4, -0.2) is 9.97 Å². The summed E-state index contributed by atoms with van der Waals surface area (Å²) in [7, 11) is 0. The highest BCUT2D eigenvalue weighted by Crippen LogP contribution is 2.17. The molecule has 18 heavy (non-hydrogen) atoms. The molecule has 0 aliphatic rings. The highest BCUT2D eigenvalue weighted by atomic mass is 15.3. The number of hydrogen-bond acceptors (Lipinski definition) is 6. The number of aryl methyl sites for hydroxylation is 1. The van der Waals surface area contributed by atoms with Crippen molar-refractivity contribution in [1.29, 1.82) is 5.26 Å². The number of rotatable bonds is 3. The van der Waals surface area contributed by atoms with E-state index in [9.17, 15) is 0 Å². The quantitative estimate of drug-likeness (QED) is 0.557. The third-order valence-electron chi connectivity index (χ3n) is 2.27. The van der Waals surface area contributed by atoms with Gasteiger partial charge in [-0.3, -0.25) is 0 Å². The van der Waals surface area contributed by atoms with E-state index in [0.717, 1.165) is 5.69 Å². The fourth-order valence-corrected chi connectivity index (χ4v) is 1.48. The van der Waals surface area contributed by atoms with Crippen LogP contribution in [0.4, 0.5) is 17.3 Å². The number of nitrogens with zero attached hydrogens (tertiary/aromatic N) is 3. The third-order valence-corrected chi connectivity index (χ3v) is 2.27. The van der Waals surface area contributed by atoms with Gasteiger partial charge in [0.2, 0.25) is 0 Å². The van der Waals surface area contributed by atoms with Gasteiger partial charge >= 0.3 is 0 Å². The van der Waals surface area contributed by atoms with Crippen molar-refractivity contribution in [3.63, 3.8) is 0 Å². The van der Waals surface area contributed by atoms with Crippen LogP contribution < -0.4 is 16.6 Å². The molecule has 0 radical (unpaired) electrons. The molecule has 0 amide bonds. The Hall–Kier alpha value is -2.65. The number of hydrogen-bond donors (Lipinski definition) is 3. The largest absolute Gasteiger partial charge is 0.340 e. The topological polar surface area (TPSA) is 99.6 Å². The first kappa shape index (κ1) is 11.8. The van der Waals surface area contributed by atoms with Gasteiger partial charge < -0.3 is 10.7 Å². The lowest BCUT2D eigenvalue weighted by molar-refractivity contribution is 1.05. The van der Waals surface area contributed by atoms with E-state index in [-0.39, 0.29) is 0 Å². The van der Waals surface area contributed by atoms with Gasteiger partial charge in [0.1, 0.15) is 17.5 Å². The van der Waals surface area contributed by atoms with E-state index in [1.165, 1.54) is 0 Å². The SMILES string of the molecule is Cc1nc(NN)cc(Nc2ccc(C#N)cc2)n1. The fourth-order valence-electron chi connectivity index (χ4n) is 1.48. The van der Waals surface area contributed by atoms with Crippen molar-refractivity contribution in [1.82, 2.24) is 9.97 Å². The first-order chi connectivity index (χ1) is 8.71. The summed E-state index contributed by atoms with van der Waals surface area (Å²) in [6.07, 6.45) is 0. The Morgan fingerprint density at radius 3 is 2.44 bits per heavy atom. The molecule has 0 aliphatic carbocycles. The Balaban J connectivity index is 2.22. The summed E-state index contributed by atoms with van der Waals surface area (Å²) < 4.78 is 0. The second kappa shape index (κ2) is 5.12. The summed E-state index contributed by atoms with van der Waals surface area (Å²) in [5.41, 5.74) is 3.94. The van der Waals surface area contributed by atoms with Crippen molar-refractivity contribution in [2.75, 3.05) is 10.7 Å². The van der Waals surface area contributed by atoms with Crippen LogP contribution in [0.5, 0.6) is 0 Å². The Morgan fingerprint density at radius 1 is 1.17 bits per heavy atom. The van der Waals surface area contributed by atoms with E-state index < -0.39 is 0 Å². The minimum Gasteiger partial charge on any atom is -0.340 e. The molecule has 1 heterocycles. The van der Waals surface area contributed by atoms with Crippen LogP contribution in [0.15, 0.2) is 30.3 Å². The van der Waals surface area contributed by atoms with Gasteiger partial charge in [-0.1, -0.05) is 0 Å². The van der Waals surface area contributed by atoms with E-state index in [2.05, 4.69) is 26.8 Å². The molecular weight excluding hydrogens is 228 g/mol. The molecular formula is C12H12N6. The molecule has 1 aromatic heterocycles. The minimum absolute atomic E-state index is 0.540. The number of benzene rings is 1. The van der Waals surface area contributed by atoms with Crippen LogP contribution in [0.3, 0.4) is 0 Å². The van der Waals surface area contributed by atoms with Crippen LogP contribution in [0.2, 0.25) is 0 Å². The fraction of sp³-hybridized carbons (Fsp3) is 0.0833. The van der Waals surface area contributed by atoms with E-state index in [0.29, 0.717) is 23.0 Å². The van der Waals surface area contributed by atoms with Crippen LogP contribution in [0.1, 0.15) is 11.4 Å². The predicted octanol–water partition coefficient (Wildman–Crippen LogP) is 1.69. The molecule has 0 saturated heterocycles. The first-order valence-electron chi connectivity index (χ1n) is 5.31. The smallest absolute Gasteiger partial charge is 0.145 e. The maximum atomic E-state index is 8.71. The van der Waals surface area contributed by atoms with Gasteiger partial charge in [0, 0.05) is 11.8 Å². The monoisotopic (exact) mass is 240 g/mol. The molecule has 0 bridgehead atoms. The molecule has 2 rings (SSSR count). The van der Waals surface area contributed by atoms with Gasteiger partial charge in [-0.05, 0) is 31.2 Å². The van der Waals surface area contributed by atoms with Crippen LogP contribution in [0.25, 0.3) is 0 Å².